The lowest BCUT2D eigenvalue weighted by Crippen LogP contribution is -2.12. The monoisotopic (exact) mass is 205 g/mol. The molecule has 0 aliphatic carbocycles. The molecule has 0 aromatic carbocycles. The van der Waals surface area contributed by atoms with E-state index in [-0.39, 0.29) is 5.91 Å². The first-order valence-corrected chi connectivity index (χ1v) is 4.66. The van der Waals surface area contributed by atoms with E-state index in [1.54, 1.807) is 18.5 Å². The lowest BCUT2D eigenvalue weighted by molar-refractivity contribution is -0.116. The molecule has 2 rings (SSSR count). The summed E-state index contributed by atoms with van der Waals surface area (Å²) in [5.41, 5.74) is 0. The van der Waals surface area contributed by atoms with E-state index >= 15 is 0 Å². The number of nitrogens with one attached hydrogen (secondary N) is 2. The Bertz CT molecular complexity index is 406. The summed E-state index contributed by atoms with van der Waals surface area (Å²) in [5, 5.41) is 9.07. The number of H-pyrrole nitrogens is 1. The molecule has 2 aromatic rings. The second-order valence-electron chi connectivity index (χ2n) is 3.10. The Morgan fingerprint density at radius 3 is 3.13 bits per heavy atom. The van der Waals surface area contributed by atoms with Gasteiger partial charge in [-0.25, -0.2) is 0 Å². The summed E-state index contributed by atoms with van der Waals surface area (Å²) in [6.45, 7) is 0. The van der Waals surface area contributed by atoms with Crippen LogP contribution in [0.2, 0.25) is 0 Å². The maximum Gasteiger partial charge on any atom is 0.225 e. The summed E-state index contributed by atoms with van der Waals surface area (Å²) < 4.78 is 5.12. The molecule has 0 radical (unpaired) electrons. The highest BCUT2D eigenvalue weighted by atomic mass is 16.3. The van der Waals surface area contributed by atoms with E-state index in [2.05, 4.69) is 15.5 Å². The van der Waals surface area contributed by atoms with Crippen molar-refractivity contribution in [2.45, 2.75) is 12.8 Å². The molecule has 5 heteroatoms. The predicted molar refractivity (Wildman–Crippen MR) is 54.2 cm³/mol. The van der Waals surface area contributed by atoms with Crippen LogP contribution in [-0.2, 0) is 11.2 Å². The van der Waals surface area contributed by atoms with Crippen LogP contribution in [0.25, 0.3) is 0 Å². The van der Waals surface area contributed by atoms with Gasteiger partial charge in [-0.3, -0.25) is 9.89 Å². The number of aromatic amines is 1. The van der Waals surface area contributed by atoms with Crippen LogP contribution in [0.3, 0.4) is 0 Å². The van der Waals surface area contributed by atoms with Gasteiger partial charge in [0.05, 0.1) is 12.5 Å². The minimum absolute atomic E-state index is 0.0596. The highest BCUT2D eigenvalue weighted by Gasteiger charge is 2.04. The average molecular weight is 205 g/mol. The van der Waals surface area contributed by atoms with Gasteiger partial charge in [-0.15, -0.1) is 0 Å². The van der Waals surface area contributed by atoms with E-state index in [0.29, 0.717) is 18.7 Å². The van der Waals surface area contributed by atoms with E-state index < -0.39 is 0 Å². The molecule has 0 saturated carbocycles. The molecule has 0 saturated heterocycles. The molecule has 0 spiro atoms. The van der Waals surface area contributed by atoms with Gasteiger partial charge in [-0.1, -0.05) is 0 Å². The maximum atomic E-state index is 11.4. The summed E-state index contributed by atoms with van der Waals surface area (Å²) in [7, 11) is 0. The molecule has 78 valence electrons. The average Bonchev–Trinajstić information content (AvgIpc) is 2.86. The fourth-order valence-corrected chi connectivity index (χ4v) is 1.23. The van der Waals surface area contributed by atoms with Crippen molar-refractivity contribution in [2.75, 3.05) is 5.32 Å². The van der Waals surface area contributed by atoms with Crippen molar-refractivity contribution < 1.29 is 9.21 Å². The number of carbonyl (C=O) groups excluding carboxylic acids is 1. The second-order valence-corrected chi connectivity index (χ2v) is 3.10. The zero-order chi connectivity index (χ0) is 10.5. The first-order valence-electron chi connectivity index (χ1n) is 4.66. The highest BCUT2D eigenvalue weighted by molar-refractivity contribution is 5.89. The number of aromatic nitrogens is 2. The van der Waals surface area contributed by atoms with Crippen LogP contribution >= 0.6 is 0 Å². The van der Waals surface area contributed by atoms with Gasteiger partial charge in [0.25, 0.3) is 0 Å². The first-order chi connectivity index (χ1) is 7.34. The van der Waals surface area contributed by atoms with Gasteiger partial charge < -0.3 is 9.73 Å². The third kappa shape index (κ3) is 2.70. The molecule has 2 heterocycles. The smallest absolute Gasteiger partial charge is 0.225 e. The van der Waals surface area contributed by atoms with Gasteiger partial charge in [-0.2, -0.15) is 5.10 Å². The van der Waals surface area contributed by atoms with Crippen LogP contribution in [0.5, 0.6) is 0 Å². The Balaban J connectivity index is 1.78. The van der Waals surface area contributed by atoms with E-state index in [1.165, 1.54) is 0 Å². The molecule has 2 N–H and O–H groups in total. The van der Waals surface area contributed by atoms with Gasteiger partial charge in [0.2, 0.25) is 5.91 Å². The number of nitrogens with zero attached hydrogens (tertiary/aromatic N) is 1. The van der Waals surface area contributed by atoms with Gasteiger partial charge in [0.1, 0.15) is 11.6 Å². The van der Waals surface area contributed by atoms with Crippen molar-refractivity contribution in [3.8, 4) is 0 Å². The van der Waals surface area contributed by atoms with Crippen molar-refractivity contribution in [3.05, 3.63) is 36.4 Å². The Labute approximate surface area is 86.5 Å². The normalized spacial score (nSPS) is 10.1. The zero-order valence-corrected chi connectivity index (χ0v) is 8.06. The number of hydrogen-bond acceptors (Lipinski definition) is 3. The molecule has 0 aliphatic rings. The highest BCUT2D eigenvalue weighted by Crippen LogP contribution is 2.05. The van der Waals surface area contributed by atoms with Crippen LogP contribution in [0.1, 0.15) is 12.2 Å². The van der Waals surface area contributed by atoms with E-state index in [4.69, 9.17) is 4.42 Å². The van der Waals surface area contributed by atoms with Gasteiger partial charge in [-0.05, 0) is 12.1 Å². The number of anilines is 1. The molecule has 0 atom stereocenters. The van der Waals surface area contributed by atoms with Crippen LogP contribution in [0, 0.1) is 0 Å². The summed E-state index contributed by atoms with van der Waals surface area (Å²) >= 11 is 0. The summed E-state index contributed by atoms with van der Waals surface area (Å²) in [4.78, 5) is 11.4. The molecule has 0 fully saturated rings. The first kappa shape index (κ1) is 9.51. The molecule has 2 aromatic heterocycles. The number of amides is 1. The van der Waals surface area contributed by atoms with Crippen molar-refractivity contribution >= 4 is 11.7 Å². The van der Waals surface area contributed by atoms with E-state index in [1.807, 2.05) is 12.1 Å². The Hall–Kier alpha value is -2.04. The molecule has 0 bridgehead atoms. The second kappa shape index (κ2) is 4.45. The quantitative estimate of drug-likeness (QED) is 0.795. The standard InChI is InChI=1S/C10H11N3O2/c14-10(12-9-5-6-11-13-9)4-3-8-2-1-7-15-8/h1-2,5-7H,3-4H2,(H2,11,12,13,14). The van der Waals surface area contributed by atoms with Crippen molar-refractivity contribution in [2.24, 2.45) is 0 Å². The lowest BCUT2D eigenvalue weighted by Gasteiger charge is -2.00. The molecule has 5 nitrogen and oxygen atoms in total. The predicted octanol–water partition coefficient (Wildman–Crippen LogP) is 1.57. The fourth-order valence-electron chi connectivity index (χ4n) is 1.23. The van der Waals surface area contributed by atoms with Crippen molar-refractivity contribution in [3.63, 3.8) is 0 Å². The Morgan fingerprint density at radius 2 is 2.47 bits per heavy atom. The minimum atomic E-state index is -0.0596. The lowest BCUT2D eigenvalue weighted by atomic mass is 10.2. The molecule has 0 aliphatic heterocycles. The van der Waals surface area contributed by atoms with Crippen LogP contribution in [0.15, 0.2) is 35.1 Å². The third-order valence-electron chi connectivity index (χ3n) is 1.95. The number of aryl methyl sites for hydroxylation is 1. The Morgan fingerprint density at radius 1 is 1.53 bits per heavy atom. The fraction of sp³-hybridized carbons (Fsp3) is 0.200. The number of rotatable bonds is 4. The van der Waals surface area contributed by atoms with Crippen LogP contribution in [-0.4, -0.2) is 16.1 Å². The molecule has 1 amide bonds. The number of furan rings is 1. The SMILES string of the molecule is O=C(CCc1ccco1)Nc1ccn[nH]1. The summed E-state index contributed by atoms with van der Waals surface area (Å²) in [6.07, 6.45) is 4.18. The van der Waals surface area contributed by atoms with Crippen LogP contribution < -0.4 is 5.32 Å². The van der Waals surface area contributed by atoms with Gasteiger partial charge in [0, 0.05) is 18.9 Å². The minimum Gasteiger partial charge on any atom is -0.469 e. The van der Waals surface area contributed by atoms with Gasteiger partial charge >= 0.3 is 0 Å². The van der Waals surface area contributed by atoms with Gasteiger partial charge in [0.15, 0.2) is 0 Å². The van der Waals surface area contributed by atoms with Crippen LogP contribution in [0.4, 0.5) is 5.82 Å². The van der Waals surface area contributed by atoms with E-state index in [0.717, 1.165) is 5.76 Å². The largest absolute Gasteiger partial charge is 0.469 e. The summed E-state index contributed by atoms with van der Waals surface area (Å²) in [6, 6.07) is 5.36. The molecule has 0 unspecified atom stereocenters. The third-order valence-corrected chi connectivity index (χ3v) is 1.95. The number of carbonyl (C=O) groups is 1. The van der Waals surface area contributed by atoms with Crippen molar-refractivity contribution in [1.29, 1.82) is 0 Å². The van der Waals surface area contributed by atoms with E-state index in [9.17, 15) is 4.79 Å². The Kier molecular flexibility index (Phi) is 2.82. The number of hydrogen-bond donors (Lipinski definition) is 2. The van der Waals surface area contributed by atoms with Crippen molar-refractivity contribution in [1.82, 2.24) is 10.2 Å². The summed E-state index contributed by atoms with van der Waals surface area (Å²) in [5.74, 6) is 1.37. The molecular weight excluding hydrogens is 194 g/mol. The molecule has 15 heavy (non-hydrogen) atoms. The maximum absolute atomic E-state index is 11.4. The zero-order valence-electron chi connectivity index (χ0n) is 8.06. The molecular formula is C10H11N3O2. The topological polar surface area (TPSA) is 70.9 Å².